The Morgan fingerprint density at radius 2 is 1.76 bits per heavy atom. The van der Waals surface area contributed by atoms with Gasteiger partial charge in [-0.2, -0.15) is 0 Å². The van der Waals surface area contributed by atoms with E-state index in [-0.39, 0.29) is 21.9 Å². The molecule has 1 heterocycles. The van der Waals surface area contributed by atoms with Crippen molar-refractivity contribution in [3.63, 3.8) is 0 Å². The minimum atomic E-state index is -3.91. The van der Waals surface area contributed by atoms with Crippen LogP contribution in [0.2, 0.25) is 5.02 Å². The van der Waals surface area contributed by atoms with E-state index in [1.807, 2.05) is 6.92 Å². The Kier molecular flexibility index (Phi) is 5.86. The zero-order valence-electron chi connectivity index (χ0n) is 15.9. The fourth-order valence-electron chi connectivity index (χ4n) is 2.78. The molecule has 0 saturated heterocycles. The Morgan fingerprint density at radius 3 is 2.38 bits per heavy atom. The van der Waals surface area contributed by atoms with Gasteiger partial charge in [0.05, 0.1) is 10.6 Å². The first kappa shape index (κ1) is 20.8. The standard InChI is InChI=1S/C22H19ClN2O3S/c1-14(2)16-6-9-18(10-7-16)29(27,28)25-21-11-8-17(23)13-20(21)22(26)19-5-4-12-24-15(19)3/h4-13,25H,1H2,2-3H3. The van der Waals surface area contributed by atoms with Crippen molar-refractivity contribution in [3.8, 4) is 0 Å². The summed E-state index contributed by atoms with van der Waals surface area (Å²) in [5.41, 5.74) is 2.89. The first-order chi connectivity index (χ1) is 13.7. The topological polar surface area (TPSA) is 76.1 Å². The summed E-state index contributed by atoms with van der Waals surface area (Å²) < 4.78 is 28.2. The van der Waals surface area contributed by atoms with Crippen LogP contribution >= 0.6 is 11.6 Å². The van der Waals surface area contributed by atoms with E-state index >= 15 is 0 Å². The Balaban J connectivity index is 2.00. The lowest BCUT2D eigenvalue weighted by Gasteiger charge is -2.13. The molecule has 3 aromatic rings. The molecule has 0 aliphatic heterocycles. The minimum Gasteiger partial charge on any atom is -0.288 e. The number of aryl methyl sites for hydroxylation is 1. The van der Waals surface area contributed by atoms with Crippen LogP contribution < -0.4 is 4.72 Å². The Labute approximate surface area is 175 Å². The predicted molar refractivity (Wildman–Crippen MR) is 116 cm³/mol. The molecule has 7 heteroatoms. The minimum absolute atomic E-state index is 0.0772. The molecule has 29 heavy (non-hydrogen) atoms. The van der Waals surface area contributed by atoms with Crippen LogP contribution in [0.4, 0.5) is 5.69 Å². The van der Waals surface area contributed by atoms with Crippen LogP contribution in [0.15, 0.2) is 72.3 Å². The van der Waals surface area contributed by atoms with Gasteiger partial charge in [0, 0.05) is 28.0 Å². The Hall–Kier alpha value is -2.96. The number of halogens is 1. The molecule has 0 aliphatic rings. The third kappa shape index (κ3) is 4.55. The maximum Gasteiger partial charge on any atom is 0.261 e. The lowest BCUT2D eigenvalue weighted by molar-refractivity contribution is 0.103. The second-order valence-electron chi connectivity index (χ2n) is 6.57. The normalized spacial score (nSPS) is 11.1. The van der Waals surface area contributed by atoms with Gasteiger partial charge in [-0.3, -0.25) is 14.5 Å². The number of anilines is 1. The van der Waals surface area contributed by atoms with Gasteiger partial charge in [-0.05, 0) is 61.9 Å². The summed E-state index contributed by atoms with van der Waals surface area (Å²) in [6.07, 6.45) is 1.59. The van der Waals surface area contributed by atoms with Crippen LogP contribution in [-0.2, 0) is 10.0 Å². The molecule has 3 rings (SSSR count). The van der Waals surface area contributed by atoms with Gasteiger partial charge in [-0.25, -0.2) is 8.42 Å². The number of rotatable bonds is 6. The molecule has 0 aliphatic carbocycles. The zero-order chi connectivity index (χ0) is 21.2. The van der Waals surface area contributed by atoms with E-state index in [0.717, 1.165) is 11.1 Å². The van der Waals surface area contributed by atoms with Crippen molar-refractivity contribution in [1.82, 2.24) is 4.98 Å². The van der Waals surface area contributed by atoms with Crippen LogP contribution in [0.5, 0.6) is 0 Å². The van der Waals surface area contributed by atoms with Gasteiger partial charge >= 0.3 is 0 Å². The number of hydrogen-bond acceptors (Lipinski definition) is 4. The number of benzene rings is 2. The second kappa shape index (κ2) is 8.19. The largest absolute Gasteiger partial charge is 0.288 e. The molecule has 0 spiro atoms. The average Bonchev–Trinajstić information content (AvgIpc) is 2.69. The fourth-order valence-corrected chi connectivity index (χ4v) is 4.04. The molecule has 148 valence electrons. The van der Waals surface area contributed by atoms with Crippen molar-refractivity contribution in [3.05, 3.63) is 94.8 Å². The molecule has 0 atom stereocenters. The summed E-state index contributed by atoms with van der Waals surface area (Å²) in [5.74, 6) is -0.367. The maximum atomic E-state index is 13.0. The molecule has 1 N–H and O–H groups in total. The van der Waals surface area contributed by atoms with E-state index < -0.39 is 10.0 Å². The number of hydrogen-bond donors (Lipinski definition) is 1. The summed E-state index contributed by atoms with van der Waals surface area (Å²) in [6, 6.07) is 14.1. The number of nitrogens with one attached hydrogen (secondary N) is 1. The van der Waals surface area contributed by atoms with Gasteiger partial charge < -0.3 is 0 Å². The maximum absolute atomic E-state index is 13.0. The van der Waals surface area contributed by atoms with Crippen molar-refractivity contribution in [2.24, 2.45) is 0 Å². The highest BCUT2D eigenvalue weighted by atomic mass is 35.5. The van der Waals surface area contributed by atoms with Gasteiger partial charge in [0.15, 0.2) is 5.78 Å². The molecule has 0 bridgehead atoms. The lowest BCUT2D eigenvalue weighted by Crippen LogP contribution is -2.16. The first-order valence-electron chi connectivity index (χ1n) is 8.73. The molecule has 0 radical (unpaired) electrons. The molecule has 1 aromatic heterocycles. The van der Waals surface area contributed by atoms with Crippen LogP contribution in [0, 0.1) is 6.92 Å². The lowest BCUT2D eigenvalue weighted by atomic mass is 10.0. The van der Waals surface area contributed by atoms with Crippen LogP contribution in [0.3, 0.4) is 0 Å². The number of allylic oxidation sites excluding steroid dienone is 1. The van der Waals surface area contributed by atoms with Gasteiger partial charge in [0.2, 0.25) is 0 Å². The predicted octanol–water partition coefficient (Wildman–Crippen LogP) is 5.11. The van der Waals surface area contributed by atoms with Crippen LogP contribution in [0.1, 0.15) is 34.1 Å². The van der Waals surface area contributed by atoms with Gasteiger partial charge in [0.1, 0.15) is 0 Å². The SMILES string of the molecule is C=C(C)c1ccc(S(=O)(=O)Nc2ccc(Cl)cc2C(=O)c2cccnc2C)cc1. The van der Waals surface area contributed by atoms with Gasteiger partial charge in [-0.1, -0.05) is 35.9 Å². The third-order valence-corrected chi connectivity index (χ3v) is 6.00. The first-order valence-corrected chi connectivity index (χ1v) is 10.6. The van der Waals surface area contributed by atoms with Crippen molar-refractivity contribution in [2.75, 3.05) is 4.72 Å². The second-order valence-corrected chi connectivity index (χ2v) is 8.68. The molecule has 0 fully saturated rings. The van der Waals surface area contributed by atoms with E-state index in [1.54, 1.807) is 37.4 Å². The highest BCUT2D eigenvalue weighted by molar-refractivity contribution is 7.92. The van der Waals surface area contributed by atoms with E-state index in [2.05, 4.69) is 16.3 Å². The quantitative estimate of drug-likeness (QED) is 0.556. The number of nitrogens with zero attached hydrogens (tertiary/aromatic N) is 1. The molecule has 0 amide bonds. The van der Waals surface area contributed by atoms with Crippen molar-refractivity contribution in [2.45, 2.75) is 18.7 Å². The molecular weight excluding hydrogens is 408 g/mol. The van der Waals surface area contributed by atoms with Crippen molar-refractivity contribution >= 4 is 38.7 Å². The number of aromatic nitrogens is 1. The average molecular weight is 427 g/mol. The van der Waals surface area contributed by atoms with Crippen molar-refractivity contribution < 1.29 is 13.2 Å². The van der Waals surface area contributed by atoms with E-state index in [0.29, 0.717) is 16.3 Å². The summed E-state index contributed by atoms with van der Waals surface area (Å²) in [7, 11) is -3.91. The molecule has 2 aromatic carbocycles. The summed E-state index contributed by atoms with van der Waals surface area (Å²) >= 11 is 6.07. The van der Waals surface area contributed by atoms with E-state index in [9.17, 15) is 13.2 Å². The molecule has 0 saturated carbocycles. The molecule has 0 unspecified atom stereocenters. The van der Waals surface area contributed by atoms with Gasteiger partial charge in [-0.15, -0.1) is 0 Å². The Bertz CT molecular complexity index is 1200. The van der Waals surface area contributed by atoms with E-state index in [4.69, 9.17) is 11.6 Å². The summed E-state index contributed by atoms with van der Waals surface area (Å²) in [4.78, 5) is 17.2. The summed E-state index contributed by atoms with van der Waals surface area (Å²) in [6.45, 7) is 7.39. The highest BCUT2D eigenvalue weighted by Crippen LogP contribution is 2.27. The van der Waals surface area contributed by atoms with Gasteiger partial charge in [0.25, 0.3) is 10.0 Å². The zero-order valence-corrected chi connectivity index (χ0v) is 17.5. The highest BCUT2D eigenvalue weighted by Gasteiger charge is 2.21. The number of carbonyl (C=O) groups is 1. The number of ketones is 1. The van der Waals surface area contributed by atoms with Crippen LogP contribution in [-0.4, -0.2) is 19.2 Å². The number of pyridine rings is 1. The third-order valence-electron chi connectivity index (χ3n) is 4.38. The van der Waals surface area contributed by atoms with Crippen molar-refractivity contribution in [1.29, 1.82) is 0 Å². The smallest absolute Gasteiger partial charge is 0.261 e. The molecular formula is C22H19ClN2O3S. The Morgan fingerprint density at radius 1 is 1.07 bits per heavy atom. The molecule has 5 nitrogen and oxygen atoms in total. The number of sulfonamides is 1. The number of carbonyl (C=O) groups excluding carboxylic acids is 1. The van der Waals surface area contributed by atoms with Crippen LogP contribution in [0.25, 0.3) is 5.57 Å². The monoisotopic (exact) mass is 426 g/mol. The summed E-state index contributed by atoms with van der Waals surface area (Å²) in [5, 5.41) is 0.323. The van der Waals surface area contributed by atoms with E-state index in [1.165, 1.54) is 30.3 Å². The fraction of sp³-hybridized carbons (Fsp3) is 0.0909.